The second-order valence-electron chi connectivity index (χ2n) is 5.59. The molecule has 0 aromatic heterocycles. The lowest BCUT2D eigenvalue weighted by molar-refractivity contribution is -0.123. The van der Waals surface area contributed by atoms with Gasteiger partial charge in [-0.1, -0.05) is 6.07 Å². The van der Waals surface area contributed by atoms with Crippen LogP contribution in [0.5, 0.6) is 17.2 Å². The van der Waals surface area contributed by atoms with Gasteiger partial charge in [0.2, 0.25) is 6.79 Å². The molecule has 0 aliphatic carbocycles. The quantitative estimate of drug-likeness (QED) is 0.612. The van der Waals surface area contributed by atoms with Crippen LogP contribution in [-0.4, -0.2) is 25.5 Å². The van der Waals surface area contributed by atoms with Gasteiger partial charge in [-0.2, -0.15) is 5.10 Å². The summed E-state index contributed by atoms with van der Waals surface area (Å²) in [7, 11) is 0. The number of rotatable bonds is 5. The number of fused-ring (bicyclic) bond motifs is 1. The Balaban J connectivity index is 1.53. The molecule has 0 spiro atoms. The van der Waals surface area contributed by atoms with E-state index in [9.17, 15) is 4.79 Å². The number of amides is 1. The summed E-state index contributed by atoms with van der Waals surface area (Å²) in [5.74, 6) is 1.68. The van der Waals surface area contributed by atoms with E-state index in [-0.39, 0.29) is 19.3 Å². The van der Waals surface area contributed by atoms with Crippen molar-refractivity contribution in [3.63, 3.8) is 0 Å². The first kappa shape index (κ1) is 17.3. The molecule has 0 atom stereocenters. The van der Waals surface area contributed by atoms with E-state index >= 15 is 0 Å². The Morgan fingerprint density at radius 3 is 2.88 bits per heavy atom. The molecule has 130 valence electrons. The minimum absolute atomic E-state index is 0.124. The van der Waals surface area contributed by atoms with E-state index in [0.29, 0.717) is 17.2 Å². The fourth-order valence-electron chi connectivity index (χ4n) is 2.43. The molecule has 1 N–H and O–H groups in total. The molecule has 0 saturated carbocycles. The van der Waals surface area contributed by atoms with Crippen LogP contribution in [0, 0.1) is 13.8 Å². The summed E-state index contributed by atoms with van der Waals surface area (Å²) in [5, 5.41) is 3.93. The predicted octanol–water partition coefficient (Wildman–Crippen LogP) is 3.32. The van der Waals surface area contributed by atoms with Crippen molar-refractivity contribution < 1.29 is 19.0 Å². The third-order valence-electron chi connectivity index (χ3n) is 3.52. The maximum absolute atomic E-state index is 11.9. The Morgan fingerprint density at radius 1 is 1.28 bits per heavy atom. The van der Waals surface area contributed by atoms with Gasteiger partial charge in [0, 0.05) is 0 Å². The van der Waals surface area contributed by atoms with Gasteiger partial charge in [0.25, 0.3) is 5.91 Å². The highest BCUT2D eigenvalue weighted by molar-refractivity contribution is 9.10. The van der Waals surface area contributed by atoms with Crippen molar-refractivity contribution in [1.29, 1.82) is 0 Å². The maximum atomic E-state index is 11.9. The number of hydrogen-bond acceptors (Lipinski definition) is 5. The van der Waals surface area contributed by atoms with Crippen LogP contribution in [0.1, 0.15) is 16.7 Å². The molecule has 7 heteroatoms. The number of nitrogens with zero attached hydrogens (tertiary/aromatic N) is 1. The first-order valence-electron chi connectivity index (χ1n) is 7.64. The Kier molecular flexibility index (Phi) is 5.23. The van der Waals surface area contributed by atoms with E-state index in [1.165, 1.54) is 6.21 Å². The highest BCUT2D eigenvalue weighted by atomic mass is 79.9. The second-order valence-corrected chi connectivity index (χ2v) is 6.44. The third-order valence-corrected chi connectivity index (χ3v) is 4.11. The van der Waals surface area contributed by atoms with Crippen molar-refractivity contribution in [2.24, 2.45) is 5.10 Å². The van der Waals surface area contributed by atoms with Crippen molar-refractivity contribution >= 4 is 28.1 Å². The molecule has 0 unspecified atom stereocenters. The number of ether oxygens (including phenoxy) is 3. The van der Waals surface area contributed by atoms with Gasteiger partial charge in [-0.05, 0) is 70.7 Å². The lowest BCUT2D eigenvalue weighted by Crippen LogP contribution is -2.24. The average molecular weight is 405 g/mol. The lowest BCUT2D eigenvalue weighted by atomic mass is 10.1. The molecule has 1 aliphatic rings. The topological polar surface area (TPSA) is 69.2 Å². The predicted molar refractivity (Wildman–Crippen MR) is 97.4 cm³/mol. The van der Waals surface area contributed by atoms with Crippen LogP contribution in [0.25, 0.3) is 0 Å². The Bertz CT molecular complexity index is 813. The number of carbonyl (C=O) groups excluding carboxylic acids is 1. The van der Waals surface area contributed by atoms with Crippen molar-refractivity contribution in [3.05, 3.63) is 51.5 Å². The molecule has 3 rings (SSSR count). The zero-order valence-electron chi connectivity index (χ0n) is 13.8. The number of aryl methyl sites for hydroxylation is 2. The molecule has 0 fully saturated rings. The zero-order valence-corrected chi connectivity index (χ0v) is 15.4. The molecule has 0 saturated heterocycles. The van der Waals surface area contributed by atoms with E-state index in [4.69, 9.17) is 14.2 Å². The first-order valence-corrected chi connectivity index (χ1v) is 8.43. The standard InChI is InChI=1S/C18H17BrN2O4/c1-11-5-12(2)18(14(19)6-11)23-9-17(22)21-20-8-13-3-4-15-16(7-13)25-10-24-15/h3-8H,9-10H2,1-2H3,(H,21,22)/b20-8+. The number of benzene rings is 2. The number of carbonyl (C=O) groups is 1. The fraction of sp³-hybridized carbons (Fsp3) is 0.222. The van der Waals surface area contributed by atoms with E-state index in [1.54, 1.807) is 12.1 Å². The van der Waals surface area contributed by atoms with Gasteiger partial charge < -0.3 is 14.2 Å². The average Bonchev–Trinajstić information content (AvgIpc) is 3.01. The summed E-state index contributed by atoms with van der Waals surface area (Å²) in [6.07, 6.45) is 1.53. The largest absolute Gasteiger partial charge is 0.482 e. The summed E-state index contributed by atoms with van der Waals surface area (Å²) in [5.41, 5.74) is 5.31. The second kappa shape index (κ2) is 7.57. The highest BCUT2D eigenvalue weighted by Crippen LogP contribution is 2.32. The van der Waals surface area contributed by atoms with E-state index in [2.05, 4.69) is 26.5 Å². The number of hydrogen-bond donors (Lipinski definition) is 1. The summed E-state index contributed by atoms with van der Waals surface area (Å²) in [6.45, 7) is 4.03. The Morgan fingerprint density at radius 2 is 2.08 bits per heavy atom. The molecule has 0 bridgehead atoms. The molecule has 1 amide bonds. The van der Waals surface area contributed by atoms with Gasteiger partial charge in [0.05, 0.1) is 10.7 Å². The molecule has 25 heavy (non-hydrogen) atoms. The van der Waals surface area contributed by atoms with Gasteiger partial charge in [-0.15, -0.1) is 0 Å². The summed E-state index contributed by atoms with van der Waals surface area (Å²) >= 11 is 3.45. The minimum Gasteiger partial charge on any atom is -0.482 e. The normalized spacial score (nSPS) is 12.4. The van der Waals surface area contributed by atoms with Crippen LogP contribution in [0.4, 0.5) is 0 Å². The van der Waals surface area contributed by atoms with Crippen LogP contribution >= 0.6 is 15.9 Å². The molecular weight excluding hydrogens is 388 g/mol. The van der Waals surface area contributed by atoms with E-state index in [1.807, 2.05) is 32.0 Å². The zero-order chi connectivity index (χ0) is 17.8. The van der Waals surface area contributed by atoms with E-state index in [0.717, 1.165) is 21.2 Å². The summed E-state index contributed by atoms with van der Waals surface area (Å²) < 4.78 is 16.9. The smallest absolute Gasteiger partial charge is 0.277 e. The van der Waals surface area contributed by atoms with Crippen LogP contribution < -0.4 is 19.6 Å². The molecule has 1 aliphatic heterocycles. The molecule has 1 heterocycles. The minimum atomic E-state index is -0.344. The van der Waals surface area contributed by atoms with Crippen molar-refractivity contribution in [1.82, 2.24) is 5.43 Å². The van der Waals surface area contributed by atoms with Crippen molar-refractivity contribution in [2.45, 2.75) is 13.8 Å². The van der Waals surface area contributed by atoms with Gasteiger partial charge in [-0.25, -0.2) is 5.43 Å². The Hall–Kier alpha value is -2.54. The van der Waals surface area contributed by atoms with Crippen molar-refractivity contribution in [2.75, 3.05) is 13.4 Å². The molecular formula is C18H17BrN2O4. The van der Waals surface area contributed by atoms with Gasteiger partial charge in [-0.3, -0.25) is 4.79 Å². The van der Waals surface area contributed by atoms with E-state index < -0.39 is 0 Å². The molecule has 6 nitrogen and oxygen atoms in total. The van der Waals surface area contributed by atoms with Crippen LogP contribution in [0.15, 0.2) is 39.9 Å². The SMILES string of the molecule is Cc1cc(C)c(OCC(=O)N/N=C/c2ccc3c(c2)OCO3)c(Br)c1. The lowest BCUT2D eigenvalue weighted by Gasteiger charge is -2.11. The monoisotopic (exact) mass is 404 g/mol. The van der Waals surface area contributed by atoms with Crippen LogP contribution in [0.2, 0.25) is 0 Å². The van der Waals surface area contributed by atoms with Crippen LogP contribution in [-0.2, 0) is 4.79 Å². The van der Waals surface area contributed by atoms with Crippen molar-refractivity contribution in [3.8, 4) is 17.2 Å². The molecule has 2 aromatic rings. The number of hydrazone groups is 1. The summed E-state index contributed by atoms with van der Waals surface area (Å²) in [6, 6.07) is 9.35. The number of halogens is 1. The summed E-state index contributed by atoms with van der Waals surface area (Å²) in [4.78, 5) is 11.9. The number of nitrogens with one attached hydrogen (secondary N) is 1. The van der Waals surface area contributed by atoms with Gasteiger partial charge in [0.1, 0.15) is 5.75 Å². The first-order chi connectivity index (χ1) is 12.0. The van der Waals surface area contributed by atoms with Crippen LogP contribution in [0.3, 0.4) is 0 Å². The van der Waals surface area contributed by atoms with Gasteiger partial charge >= 0.3 is 0 Å². The molecule has 0 radical (unpaired) electrons. The fourth-order valence-corrected chi connectivity index (χ4v) is 3.22. The maximum Gasteiger partial charge on any atom is 0.277 e. The third kappa shape index (κ3) is 4.30. The molecule has 2 aromatic carbocycles. The highest BCUT2D eigenvalue weighted by Gasteiger charge is 2.12. The Labute approximate surface area is 153 Å². The van der Waals surface area contributed by atoms with Gasteiger partial charge in [0.15, 0.2) is 18.1 Å².